The van der Waals surface area contributed by atoms with Crippen LogP contribution in [0.15, 0.2) is 30.3 Å². The van der Waals surface area contributed by atoms with Gasteiger partial charge in [0.2, 0.25) is 0 Å². The Labute approximate surface area is 120 Å². The highest BCUT2D eigenvalue weighted by Gasteiger charge is 2.30. The lowest BCUT2D eigenvalue weighted by atomic mass is 10.1. The third kappa shape index (κ3) is 4.55. The molecule has 0 heterocycles. The smallest absolute Gasteiger partial charge is 0.408 e. The van der Waals surface area contributed by atoms with Crippen molar-refractivity contribution in [2.45, 2.75) is 19.0 Å². The molecule has 0 saturated heterocycles. The highest BCUT2D eigenvalue weighted by molar-refractivity contribution is 9.09. The number of hydrogen-bond acceptors (Lipinski definition) is 3. The third-order valence-corrected chi connectivity index (χ3v) is 3.13. The first-order chi connectivity index (χ1) is 9.10. The molecule has 1 aromatic rings. The number of benzene rings is 1. The van der Waals surface area contributed by atoms with Crippen LogP contribution in [-0.2, 0) is 16.1 Å². The average Bonchev–Trinajstić information content (AvgIpc) is 2.42. The van der Waals surface area contributed by atoms with Crippen molar-refractivity contribution in [1.29, 1.82) is 0 Å². The second-order valence-electron chi connectivity index (χ2n) is 3.91. The Balaban J connectivity index is 2.91. The average molecular weight is 330 g/mol. The Hall–Kier alpha value is -1.56. The van der Waals surface area contributed by atoms with Crippen LogP contribution >= 0.6 is 15.9 Å². The SMILES string of the molecule is COC(=O)[C@H](CCBr)N(Cc1ccccc1)C(=O)O. The number of alkyl halides is 1. The third-order valence-electron chi connectivity index (χ3n) is 2.67. The van der Waals surface area contributed by atoms with Crippen molar-refractivity contribution in [1.82, 2.24) is 4.90 Å². The molecule has 0 bridgehead atoms. The Bertz CT molecular complexity index is 424. The molecule has 19 heavy (non-hydrogen) atoms. The van der Waals surface area contributed by atoms with E-state index in [4.69, 9.17) is 0 Å². The fraction of sp³-hybridized carbons (Fsp3) is 0.385. The van der Waals surface area contributed by atoms with Crippen LogP contribution in [0.3, 0.4) is 0 Å². The van der Waals surface area contributed by atoms with Gasteiger partial charge in [-0.25, -0.2) is 9.59 Å². The fourth-order valence-electron chi connectivity index (χ4n) is 1.73. The van der Waals surface area contributed by atoms with Crippen LogP contribution < -0.4 is 0 Å². The summed E-state index contributed by atoms with van der Waals surface area (Å²) in [5.41, 5.74) is 0.827. The number of hydrogen-bond donors (Lipinski definition) is 1. The van der Waals surface area contributed by atoms with Gasteiger partial charge in [-0.05, 0) is 12.0 Å². The normalized spacial score (nSPS) is 11.7. The molecule has 0 saturated carbocycles. The summed E-state index contributed by atoms with van der Waals surface area (Å²) in [5, 5.41) is 9.80. The molecule has 0 radical (unpaired) electrons. The van der Waals surface area contributed by atoms with Gasteiger partial charge in [-0.3, -0.25) is 4.90 Å². The minimum Gasteiger partial charge on any atom is -0.467 e. The van der Waals surface area contributed by atoms with Crippen molar-refractivity contribution < 1.29 is 19.4 Å². The van der Waals surface area contributed by atoms with E-state index in [2.05, 4.69) is 20.7 Å². The molecule has 0 aromatic heterocycles. The van der Waals surface area contributed by atoms with Crippen molar-refractivity contribution in [3.8, 4) is 0 Å². The summed E-state index contributed by atoms with van der Waals surface area (Å²) >= 11 is 3.22. The number of ether oxygens (including phenoxy) is 1. The fourth-order valence-corrected chi connectivity index (χ4v) is 2.17. The summed E-state index contributed by atoms with van der Waals surface area (Å²) in [7, 11) is 1.26. The van der Waals surface area contributed by atoms with Gasteiger partial charge in [0.1, 0.15) is 6.04 Å². The molecule has 1 N–H and O–H groups in total. The summed E-state index contributed by atoms with van der Waals surface area (Å²) in [6.45, 7) is 0.156. The molecule has 1 rings (SSSR count). The minimum atomic E-state index is -1.14. The maximum atomic E-state index is 11.7. The lowest BCUT2D eigenvalue weighted by Gasteiger charge is -2.27. The van der Waals surface area contributed by atoms with Crippen molar-refractivity contribution in [3.05, 3.63) is 35.9 Å². The lowest BCUT2D eigenvalue weighted by Crippen LogP contribution is -2.44. The van der Waals surface area contributed by atoms with Crippen LogP contribution in [0.5, 0.6) is 0 Å². The number of carboxylic acid groups (broad SMARTS) is 1. The van der Waals surface area contributed by atoms with E-state index in [0.29, 0.717) is 11.8 Å². The topological polar surface area (TPSA) is 66.8 Å². The molecule has 5 nitrogen and oxygen atoms in total. The molecule has 104 valence electrons. The van der Waals surface area contributed by atoms with E-state index in [1.54, 1.807) is 0 Å². The molecule has 0 aliphatic carbocycles. The Morgan fingerprint density at radius 2 is 2.00 bits per heavy atom. The van der Waals surface area contributed by atoms with Crippen LogP contribution in [0.25, 0.3) is 0 Å². The molecule has 0 aliphatic heterocycles. The summed E-state index contributed by atoms with van der Waals surface area (Å²) in [6, 6.07) is 8.34. The highest BCUT2D eigenvalue weighted by Crippen LogP contribution is 2.14. The maximum Gasteiger partial charge on any atom is 0.408 e. The summed E-state index contributed by atoms with van der Waals surface area (Å²) in [5.74, 6) is -0.544. The predicted molar refractivity (Wildman–Crippen MR) is 74.2 cm³/mol. The van der Waals surface area contributed by atoms with E-state index >= 15 is 0 Å². The van der Waals surface area contributed by atoms with Crippen LogP contribution in [0.2, 0.25) is 0 Å². The number of rotatable bonds is 6. The summed E-state index contributed by atoms with van der Waals surface area (Å²) in [6.07, 6.45) is -0.772. The van der Waals surface area contributed by atoms with Gasteiger partial charge in [0.05, 0.1) is 7.11 Å². The number of methoxy groups -OCH3 is 1. The minimum absolute atomic E-state index is 0.156. The Morgan fingerprint density at radius 1 is 1.37 bits per heavy atom. The van der Waals surface area contributed by atoms with Gasteiger partial charge in [0, 0.05) is 11.9 Å². The molecule has 1 amide bonds. The van der Waals surface area contributed by atoms with Gasteiger partial charge in [-0.15, -0.1) is 0 Å². The molecule has 0 spiro atoms. The van der Waals surface area contributed by atoms with Crippen LogP contribution in [0.1, 0.15) is 12.0 Å². The number of nitrogens with zero attached hydrogens (tertiary/aromatic N) is 1. The van der Waals surface area contributed by atoms with E-state index in [0.717, 1.165) is 10.5 Å². The highest BCUT2D eigenvalue weighted by atomic mass is 79.9. The standard InChI is InChI=1S/C13H16BrNO4/c1-19-12(16)11(7-8-14)15(13(17)18)9-10-5-3-2-4-6-10/h2-6,11H,7-9H2,1H3,(H,17,18)/t11-/m0/s1. The van der Waals surface area contributed by atoms with Gasteiger partial charge < -0.3 is 9.84 Å². The molecular weight excluding hydrogens is 314 g/mol. The second-order valence-corrected chi connectivity index (χ2v) is 4.71. The Kier molecular flexibility index (Phi) is 6.35. The van der Waals surface area contributed by atoms with Crippen LogP contribution in [-0.4, -0.2) is 40.6 Å². The number of carbonyl (C=O) groups excluding carboxylic acids is 1. The first-order valence-corrected chi connectivity index (χ1v) is 6.89. The van der Waals surface area contributed by atoms with Crippen molar-refractivity contribution >= 4 is 28.0 Å². The zero-order valence-electron chi connectivity index (χ0n) is 10.6. The zero-order valence-corrected chi connectivity index (χ0v) is 12.2. The number of amides is 1. The van der Waals surface area contributed by atoms with Crippen LogP contribution in [0, 0.1) is 0 Å². The van der Waals surface area contributed by atoms with E-state index in [1.807, 2.05) is 30.3 Å². The molecule has 1 aromatic carbocycles. The van der Waals surface area contributed by atoms with Crippen molar-refractivity contribution in [2.24, 2.45) is 0 Å². The van der Waals surface area contributed by atoms with E-state index < -0.39 is 18.1 Å². The number of esters is 1. The van der Waals surface area contributed by atoms with Gasteiger partial charge >= 0.3 is 12.1 Å². The van der Waals surface area contributed by atoms with E-state index in [9.17, 15) is 14.7 Å². The van der Waals surface area contributed by atoms with Gasteiger partial charge in [0.25, 0.3) is 0 Å². The summed E-state index contributed by atoms with van der Waals surface area (Å²) < 4.78 is 4.67. The molecule has 0 aliphatic rings. The molecule has 0 fully saturated rings. The first-order valence-electron chi connectivity index (χ1n) is 5.77. The molecule has 1 atom stereocenters. The first kappa shape index (κ1) is 15.5. The van der Waals surface area contributed by atoms with Gasteiger partial charge in [0.15, 0.2) is 0 Å². The molecule has 0 unspecified atom stereocenters. The largest absolute Gasteiger partial charge is 0.467 e. The lowest BCUT2D eigenvalue weighted by molar-refractivity contribution is -0.146. The quantitative estimate of drug-likeness (QED) is 0.643. The summed E-state index contributed by atoms with van der Waals surface area (Å²) in [4.78, 5) is 24.1. The predicted octanol–water partition coefficient (Wildman–Crippen LogP) is 2.49. The van der Waals surface area contributed by atoms with E-state index in [1.165, 1.54) is 7.11 Å². The van der Waals surface area contributed by atoms with Gasteiger partial charge in [-0.2, -0.15) is 0 Å². The second kappa shape index (κ2) is 7.78. The monoisotopic (exact) mass is 329 g/mol. The van der Waals surface area contributed by atoms with Crippen molar-refractivity contribution in [3.63, 3.8) is 0 Å². The van der Waals surface area contributed by atoms with Crippen molar-refractivity contribution in [2.75, 3.05) is 12.4 Å². The maximum absolute atomic E-state index is 11.7. The van der Waals surface area contributed by atoms with E-state index in [-0.39, 0.29) is 6.54 Å². The number of halogens is 1. The zero-order chi connectivity index (χ0) is 14.3. The van der Waals surface area contributed by atoms with Gasteiger partial charge in [-0.1, -0.05) is 46.3 Å². The number of carbonyl (C=O) groups is 2. The van der Waals surface area contributed by atoms with Crippen LogP contribution in [0.4, 0.5) is 4.79 Å². The Morgan fingerprint density at radius 3 is 2.47 bits per heavy atom. The molecular formula is C13H16BrNO4. The molecule has 6 heteroatoms.